The van der Waals surface area contributed by atoms with Gasteiger partial charge < -0.3 is 0 Å². The van der Waals surface area contributed by atoms with Crippen molar-refractivity contribution in [3.63, 3.8) is 0 Å². The summed E-state index contributed by atoms with van der Waals surface area (Å²) in [5.41, 5.74) is 1.15. The molecule has 0 fully saturated rings. The third-order valence-corrected chi connectivity index (χ3v) is 4.12. The predicted octanol–water partition coefficient (Wildman–Crippen LogP) is 5.17. The SMILES string of the molecule is CC(C)C(Cl)CCCc1ccc(F)cc1Br. The summed E-state index contributed by atoms with van der Waals surface area (Å²) in [6.07, 6.45) is 2.98. The summed E-state index contributed by atoms with van der Waals surface area (Å²) >= 11 is 9.55. The van der Waals surface area contributed by atoms with Gasteiger partial charge in [-0.15, -0.1) is 11.6 Å². The quantitative estimate of drug-likeness (QED) is 0.658. The van der Waals surface area contributed by atoms with Gasteiger partial charge in [0.2, 0.25) is 0 Å². The monoisotopic (exact) mass is 306 g/mol. The van der Waals surface area contributed by atoms with Crippen LogP contribution in [0.15, 0.2) is 22.7 Å². The largest absolute Gasteiger partial charge is 0.207 e. The number of hydrogen-bond acceptors (Lipinski definition) is 0. The van der Waals surface area contributed by atoms with Gasteiger partial charge in [-0.25, -0.2) is 4.39 Å². The van der Waals surface area contributed by atoms with Crippen molar-refractivity contribution in [2.24, 2.45) is 5.92 Å². The maximum atomic E-state index is 12.9. The minimum absolute atomic E-state index is 0.201. The maximum absolute atomic E-state index is 12.9. The zero-order valence-corrected chi connectivity index (χ0v) is 12.0. The average molecular weight is 308 g/mol. The lowest BCUT2D eigenvalue weighted by molar-refractivity contribution is 0.546. The fraction of sp³-hybridized carbons (Fsp3) is 0.538. The molecular weight excluding hydrogens is 290 g/mol. The molecule has 16 heavy (non-hydrogen) atoms. The molecule has 0 amide bonds. The molecule has 0 saturated carbocycles. The normalized spacial score (nSPS) is 13.1. The van der Waals surface area contributed by atoms with E-state index in [2.05, 4.69) is 29.8 Å². The van der Waals surface area contributed by atoms with Crippen LogP contribution in [0.25, 0.3) is 0 Å². The summed E-state index contributed by atoms with van der Waals surface area (Å²) in [6, 6.07) is 4.84. The molecule has 0 nitrogen and oxygen atoms in total. The average Bonchev–Trinajstić information content (AvgIpc) is 2.20. The zero-order valence-electron chi connectivity index (χ0n) is 9.64. The summed E-state index contributed by atoms with van der Waals surface area (Å²) in [5, 5.41) is 0.235. The Balaban J connectivity index is 2.43. The Hall–Kier alpha value is -0.0800. The Labute approximate surface area is 110 Å². The summed E-state index contributed by atoms with van der Waals surface area (Å²) in [4.78, 5) is 0. The van der Waals surface area contributed by atoms with Crippen LogP contribution in [-0.4, -0.2) is 5.38 Å². The highest BCUT2D eigenvalue weighted by Gasteiger charge is 2.09. The number of rotatable bonds is 5. The summed E-state index contributed by atoms with van der Waals surface area (Å²) in [5.74, 6) is 0.311. The Morgan fingerprint density at radius 2 is 2.06 bits per heavy atom. The molecule has 0 radical (unpaired) electrons. The third-order valence-electron chi connectivity index (χ3n) is 2.66. The molecule has 0 heterocycles. The van der Waals surface area contributed by atoms with Crippen LogP contribution in [0.4, 0.5) is 4.39 Å². The van der Waals surface area contributed by atoms with E-state index in [0.717, 1.165) is 29.3 Å². The van der Waals surface area contributed by atoms with Gasteiger partial charge in [0.15, 0.2) is 0 Å². The molecule has 0 aliphatic rings. The number of hydrogen-bond donors (Lipinski definition) is 0. The second-order valence-corrected chi connectivity index (χ2v) is 5.80. The molecule has 0 saturated heterocycles. The Morgan fingerprint density at radius 1 is 1.38 bits per heavy atom. The molecule has 1 aromatic rings. The summed E-state index contributed by atoms with van der Waals surface area (Å²) < 4.78 is 13.7. The maximum Gasteiger partial charge on any atom is 0.124 e. The van der Waals surface area contributed by atoms with Crippen LogP contribution < -0.4 is 0 Å². The number of alkyl halides is 1. The Bertz CT molecular complexity index is 339. The van der Waals surface area contributed by atoms with E-state index in [1.807, 2.05) is 6.07 Å². The van der Waals surface area contributed by atoms with E-state index in [0.29, 0.717) is 5.92 Å². The lowest BCUT2D eigenvalue weighted by Gasteiger charge is -2.13. The van der Waals surface area contributed by atoms with E-state index < -0.39 is 0 Å². The zero-order chi connectivity index (χ0) is 12.1. The van der Waals surface area contributed by atoms with Gasteiger partial charge in [0, 0.05) is 9.85 Å². The first-order chi connectivity index (χ1) is 7.50. The first-order valence-corrected chi connectivity index (χ1v) is 6.81. The molecule has 3 heteroatoms. The number of benzene rings is 1. The minimum Gasteiger partial charge on any atom is -0.207 e. The van der Waals surface area contributed by atoms with Gasteiger partial charge in [0.1, 0.15) is 5.82 Å². The second-order valence-electron chi connectivity index (χ2n) is 4.39. The molecular formula is C13H17BrClF. The fourth-order valence-electron chi connectivity index (χ4n) is 1.55. The van der Waals surface area contributed by atoms with E-state index in [9.17, 15) is 4.39 Å². The highest BCUT2D eigenvalue weighted by atomic mass is 79.9. The van der Waals surface area contributed by atoms with Crippen molar-refractivity contribution in [2.75, 3.05) is 0 Å². The van der Waals surface area contributed by atoms with Gasteiger partial charge in [-0.05, 0) is 42.9 Å². The predicted molar refractivity (Wildman–Crippen MR) is 71.5 cm³/mol. The topological polar surface area (TPSA) is 0 Å². The van der Waals surface area contributed by atoms with Crippen LogP contribution in [0.5, 0.6) is 0 Å². The van der Waals surface area contributed by atoms with E-state index in [1.54, 1.807) is 0 Å². The van der Waals surface area contributed by atoms with Gasteiger partial charge in [0.05, 0.1) is 0 Å². The Morgan fingerprint density at radius 3 is 2.62 bits per heavy atom. The number of aryl methyl sites for hydroxylation is 1. The van der Waals surface area contributed by atoms with Crippen LogP contribution >= 0.6 is 27.5 Å². The second kappa shape index (κ2) is 6.61. The molecule has 0 aliphatic carbocycles. The number of halogens is 3. The van der Waals surface area contributed by atoms with Crippen LogP contribution in [0.3, 0.4) is 0 Å². The molecule has 1 unspecified atom stereocenters. The van der Waals surface area contributed by atoms with Gasteiger partial charge in [0.25, 0.3) is 0 Å². The van der Waals surface area contributed by atoms with Gasteiger partial charge in [-0.1, -0.05) is 35.8 Å². The first kappa shape index (κ1) is 14.0. The molecule has 1 aromatic carbocycles. The van der Waals surface area contributed by atoms with Crippen molar-refractivity contribution in [2.45, 2.75) is 38.5 Å². The van der Waals surface area contributed by atoms with Gasteiger partial charge in [-0.3, -0.25) is 0 Å². The van der Waals surface area contributed by atoms with Crippen LogP contribution in [0, 0.1) is 11.7 Å². The van der Waals surface area contributed by atoms with E-state index in [1.165, 1.54) is 12.1 Å². The van der Waals surface area contributed by atoms with Crippen molar-refractivity contribution in [3.8, 4) is 0 Å². The van der Waals surface area contributed by atoms with Crippen LogP contribution in [0.1, 0.15) is 32.3 Å². The molecule has 1 atom stereocenters. The highest BCUT2D eigenvalue weighted by Crippen LogP contribution is 2.22. The van der Waals surface area contributed by atoms with Crippen molar-refractivity contribution < 1.29 is 4.39 Å². The van der Waals surface area contributed by atoms with Crippen molar-refractivity contribution in [1.29, 1.82) is 0 Å². The third kappa shape index (κ3) is 4.42. The molecule has 1 rings (SSSR count). The summed E-state index contributed by atoms with van der Waals surface area (Å²) in [6.45, 7) is 4.26. The lowest BCUT2D eigenvalue weighted by Crippen LogP contribution is -2.07. The minimum atomic E-state index is -0.201. The Kier molecular flexibility index (Phi) is 5.77. The molecule has 0 aliphatic heterocycles. The molecule has 0 N–H and O–H groups in total. The van der Waals surface area contributed by atoms with Crippen molar-refractivity contribution >= 4 is 27.5 Å². The molecule has 90 valence electrons. The van der Waals surface area contributed by atoms with E-state index in [4.69, 9.17) is 11.6 Å². The highest BCUT2D eigenvalue weighted by molar-refractivity contribution is 9.10. The smallest absolute Gasteiger partial charge is 0.124 e. The van der Waals surface area contributed by atoms with Gasteiger partial charge >= 0.3 is 0 Å². The van der Waals surface area contributed by atoms with Crippen LogP contribution in [0.2, 0.25) is 0 Å². The van der Waals surface area contributed by atoms with Crippen LogP contribution in [-0.2, 0) is 6.42 Å². The fourth-order valence-corrected chi connectivity index (χ4v) is 2.25. The van der Waals surface area contributed by atoms with E-state index >= 15 is 0 Å². The lowest BCUT2D eigenvalue weighted by atomic mass is 10.0. The first-order valence-electron chi connectivity index (χ1n) is 5.58. The van der Waals surface area contributed by atoms with Gasteiger partial charge in [-0.2, -0.15) is 0 Å². The molecule has 0 spiro atoms. The van der Waals surface area contributed by atoms with Crippen molar-refractivity contribution in [1.82, 2.24) is 0 Å². The standard InChI is InChI=1S/C13H17BrClF/c1-9(2)13(15)5-3-4-10-6-7-11(16)8-12(10)14/h6-9,13H,3-5H2,1-2H3. The molecule has 0 bridgehead atoms. The van der Waals surface area contributed by atoms with E-state index in [-0.39, 0.29) is 11.2 Å². The summed E-state index contributed by atoms with van der Waals surface area (Å²) in [7, 11) is 0. The van der Waals surface area contributed by atoms with Crippen molar-refractivity contribution in [3.05, 3.63) is 34.1 Å². The molecule has 0 aromatic heterocycles.